The molecule has 0 spiro atoms. The van der Waals surface area contributed by atoms with Gasteiger partial charge in [0.2, 0.25) is 0 Å². The molecule has 0 saturated heterocycles. The minimum atomic E-state index is -1.01. The normalized spacial score (nSPS) is 12.2. The fourth-order valence-corrected chi connectivity index (χ4v) is 0.673. The Balaban J connectivity index is 3.88. The van der Waals surface area contributed by atoms with Crippen LogP contribution in [0.3, 0.4) is 0 Å². The van der Waals surface area contributed by atoms with Gasteiger partial charge in [-0.15, -0.1) is 0 Å². The van der Waals surface area contributed by atoms with Crippen LogP contribution >= 0.6 is 0 Å². The summed E-state index contributed by atoms with van der Waals surface area (Å²) in [7, 11) is 0. The molecule has 12 heavy (non-hydrogen) atoms. The third-order valence-electron chi connectivity index (χ3n) is 1.68. The van der Waals surface area contributed by atoms with Gasteiger partial charge in [0.25, 0.3) is 0 Å². The first kappa shape index (κ1) is 10.8. The SMILES string of the molecule is CC(=O)C(C)C(=O)CCC(=O)O. The smallest absolute Gasteiger partial charge is 0.303 e. The quantitative estimate of drug-likeness (QED) is 0.618. The first-order valence-electron chi connectivity index (χ1n) is 3.70. The molecule has 4 nitrogen and oxygen atoms in total. The van der Waals surface area contributed by atoms with Gasteiger partial charge < -0.3 is 5.11 Å². The molecule has 0 radical (unpaired) electrons. The zero-order chi connectivity index (χ0) is 9.72. The molecule has 0 saturated carbocycles. The molecule has 0 heterocycles. The van der Waals surface area contributed by atoms with E-state index in [1.807, 2.05) is 0 Å². The van der Waals surface area contributed by atoms with Crippen molar-refractivity contribution < 1.29 is 19.5 Å². The van der Waals surface area contributed by atoms with E-state index in [9.17, 15) is 14.4 Å². The molecule has 0 rings (SSSR count). The van der Waals surface area contributed by atoms with E-state index in [4.69, 9.17) is 5.11 Å². The lowest BCUT2D eigenvalue weighted by Crippen LogP contribution is -2.19. The van der Waals surface area contributed by atoms with Gasteiger partial charge in [-0.2, -0.15) is 0 Å². The summed E-state index contributed by atoms with van der Waals surface area (Å²) in [5, 5.41) is 8.25. The second kappa shape index (κ2) is 4.64. The highest BCUT2D eigenvalue weighted by Crippen LogP contribution is 2.04. The molecule has 0 fully saturated rings. The number of Topliss-reactive ketones (excluding diaryl/α,β-unsaturated/α-hetero) is 2. The largest absolute Gasteiger partial charge is 0.481 e. The Morgan fingerprint density at radius 3 is 2.08 bits per heavy atom. The fourth-order valence-electron chi connectivity index (χ4n) is 0.673. The van der Waals surface area contributed by atoms with E-state index in [0.29, 0.717) is 0 Å². The van der Waals surface area contributed by atoms with Crippen molar-refractivity contribution in [1.29, 1.82) is 0 Å². The second-order valence-electron chi connectivity index (χ2n) is 2.69. The third kappa shape index (κ3) is 3.85. The molecule has 1 atom stereocenters. The Morgan fingerprint density at radius 2 is 1.75 bits per heavy atom. The summed E-state index contributed by atoms with van der Waals surface area (Å²) in [6.45, 7) is 2.82. The maximum Gasteiger partial charge on any atom is 0.303 e. The van der Waals surface area contributed by atoms with Crippen molar-refractivity contribution in [2.75, 3.05) is 0 Å². The molecule has 0 aromatic rings. The van der Waals surface area contributed by atoms with Crippen LogP contribution in [0.4, 0.5) is 0 Å². The first-order chi connectivity index (χ1) is 5.45. The maximum atomic E-state index is 11.0. The van der Waals surface area contributed by atoms with Gasteiger partial charge in [-0.05, 0) is 13.8 Å². The molecule has 0 aromatic carbocycles. The van der Waals surface area contributed by atoms with Crippen molar-refractivity contribution in [3.05, 3.63) is 0 Å². The van der Waals surface area contributed by atoms with Crippen molar-refractivity contribution in [2.45, 2.75) is 26.7 Å². The van der Waals surface area contributed by atoms with Gasteiger partial charge in [-0.1, -0.05) is 0 Å². The average Bonchev–Trinajstić information content (AvgIpc) is 1.98. The minimum Gasteiger partial charge on any atom is -0.481 e. The lowest BCUT2D eigenvalue weighted by atomic mass is 9.99. The number of carboxylic acids is 1. The molecular formula is C8H12O4. The van der Waals surface area contributed by atoms with E-state index in [1.54, 1.807) is 0 Å². The monoisotopic (exact) mass is 172 g/mol. The van der Waals surface area contributed by atoms with E-state index in [2.05, 4.69) is 0 Å². The van der Waals surface area contributed by atoms with Crippen LogP contribution in [0.5, 0.6) is 0 Å². The average molecular weight is 172 g/mol. The van der Waals surface area contributed by atoms with Crippen molar-refractivity contribution in [3.63, 3.8) is 0 Å². The zero-order valence-corrected chi connectivity index (χ0v) is 7.16. The van der Waals surface area contributed by atoms with Crippen molar-refractivity contribution in [1.82, 2.24) is 0 Å². The number of hydrogen-bond acceptors (Lipinski definition) is 3. The summed E-state index contributed by atoms with van der Waals surface area (Å²) in [6, 6.07) is 0. The number of ketones is 2. The zero-order valence-electron chi connectivity index (χ0n) is 7.16. The van der Waals surface area contributed by atoms with Crippen LogP contribution in [0, 0.1) is 5.92 Å². The summed E-state index contributed by atoms with van der Waals surface area (Å²) in [5.74, 6) is -2.20. The Hall–Kier alpha value is -1.19. The topological polar surface area (TPSA) is 71.4 Å². The molecule has 0 aliphatic carbocycles. The van der Waals surface area contributed by atoms with Crippen LogP contribution in [-0.2, 0) is 14.4 Å². The number of carbonyl (C=O) groups excluding carboxylic acids is 2. The molecule has 68 valence electrons. The first-order valence-corrected chi connectivity index (χ1v) is 3.70. The predicted octanol–water partition coefficient (Wildman–Crippen LogP) is 0.645. The highest BCUT2D eigenvalue weighted by molar-refractivity contribution is 6.01. The van der Waals surface area contributed by atoms with Gasteiger partial charge in [-0.3, -0.25) is 14.4 Å². The summed E-state index contributed by atoms with van der Waals surface area (Å²) < 4.78 is 0. The second-order valence-corrected chi connectivity index (χ2v) is 2.69. The highest BCUT2D eigenvalue weighted by atomic mass is 16.4. The number of carbonyl (C=O) groups is 3. The summed E-state index contributed by atoms with van der Waals surface area (Å²) in [6.07, 6.45) is -0.257. The minimum absolute atomic E-state index is 0.0594. The maximum absolute atomic E-state index is 11.0. The summed E-state index contributed by atoms with van der Waals surface area (Å²) >= 11 is 0. The van der Waals surface area contributed by atoms with Crippen molar-refractivity contribution in [2.24, 2.45) is 5.92 Å². The number of rotatable bonds is 5. The van der Waals surface area contributed by atoms with Crippen LogP contribution in [-0.4, -0.2) is 22.6 Å². The van der Waals surface area contributed by atoms with E-state index < -0.39 is 11.9 Å². The van der Waals surface area contributed by atoms with Crippen LogP contribution < -0.4 is 0 Å². The standard InChI is InChI=1S/C8H12O4/c1-5(6(2)9)7(10)3-4-8(11)12/h5H,3-4H2,1-2H3,(H,11,12). The Labute approximate surface area is 70.6 Å². The van der Waals surface area contributed by atoms with E-state index in [0.717, 1.165) is 0 Å². The Morgan fingerprint density at radius 1 is 1.25 bits per heavy atom. The molecule has 1 unspecified atom stereocenters. The number of carboxylic acid groups (broad SMARTS) is 1. The Bertz CT molecular complexity index is 207. The molecule has 0 amide bonds. The summed E-state index contributed by atoms with van der Waals surface area (Å²) in [5.41, 5.74) is 0. The molecule has 1 N–H and O–H groups in total. The van der Waals surface area contributed by atoms with E-state index in [-0.39, 0.29) is 24.4 Å². The van der Waals surface area contributed by atoms with Gasteiger partial charge >= 0.3 is 5.97 Å². The fraction of sp³-hybridized carbons (Fsp3) is 0.625. The van der Waals surface area contributed by atoms with Gasteiger partial charge in [-0.25, -0.2) is 0 Å². The van der Waals surface area contributed by atoms with Crippen molar-refractivity contribution >= 4 is 17.5 Å². The van der Waals surface area contributed by atoms with Crippen LogP contribution in [0.2, 0.25) is 0 Å². The molecule has 0 aliphatic rings. The molecule has 0 bridgehead atoms. The third-order valence-corrected chi connectivity index (χ3v) is 1.68. The van der Waals surface area contributed by atoms with Crippen LogP contribution in [0.1, 0.15) is 26.7 Å². The lowest BCUT2D eigenvalue weighted by molar-refractivity contribution is -0.140. The highest BCUT2D eigenvalue weighted by Gasteiger charge is 2.17. The van der Waals surface area contributed by atoms with Crippen molar-refractivity contribution in [3.8, 4) is 0 Å². The number of hydrogen-bond donors (Lipinski definition) is 1. The summed E-state index contributed by atoms with van der Waals surface area (Å²) in [4.78, 5) is 31.7. The molecule has 0 aromatic heterocycles. The van der Waals surface area contributed by atoms with Gasteiger partial charge in [0.1, 0.15) is 11.6 Å². The lowest BCUT2D eigenvalue weighted by Gasteiger charge is -2.03. The molecule has 4 heteroatoms. The van der Waals surface area contributed by atoms with E-state index in [1.165, 1.54) is 13.8 Å². The molecular weight excluding hydrogens is 160 g/mol. The van der Waals surface area contributed by atoms with Crippen LogP contribution in [0.25, 0.3) is 0 Å². The Kier molecular flexibility index (Phi) is 4.18. The molecule has 0 aliphatic heterocycles. The van der Waals surface area contributed by atoms with Gasteiger partial charge in [0, 0.05) is 6.42 Å². The number of aliphatic carboxylic acids is 1. The van der Waals surface area contributed by atoms with Crippen LogP contribution in [0.15, 0.2) is 0 Å². The van der Waals surface area contributed by atoms with Gasteiger partial charge in [0.05, 0.1) is 12.3 Å². The van der Waals surface area contributed by atoms with Gasteiger partial charge in [0.15, 0.2) is 0 Å². The predicted molar refractivity (Wildman–Crippen MR) is 41.7 cm³/mol. The van der Waals surface area contributed by atoms with E-state index >= 15 is 0 Å².